The topological polar surface area (TPSA) is 32.7 Å². The van der Waals surface area contributed by atoms with Gasteiger partial charge in [0.2, 0.25) is 0 Å². The second-order valence-corrected chi connectivity index (χ2v) is 3.86. The molecule has 0 aromatic heterocycles. The highest BCUT2D eigenvalue weighted by Gasteiger charge is 2.15. The molecule has 1 N–H and O–H groups in total. The molecule has 60 valence electrons. The van der Waals surface area contributed by atoms with Crippen LogP contribution in [0.3, 0.4) is 0 Å². The summed E-state index contributed by atoms with van der Waals surface area (Å²) in [5, 5.41) is 8.82. The van der Waals surface area contributed by atoms with Crippen molar-refractivity contribution in [1.29, 1.82) is 0 Å². The Morgan fingerprint density at radius 2 is 2.50 bits per heavy atom. The number of nitrogens with zero attached hydrogens (tertiary/aromatic N) is 1. The van der Waals surface area contributed by atoms with Crippen molar-refractivity contribution in [2.75, 3.05) is 32.9 Å². The molecule has 1 atom stereocenters. The first-order chi connectivity index (χ1) is 4.83. The summed E-state index contributed by atoms with van der Waals surface area (Å²) in [6.07, 6.45) is 0. The summed E-state index contributed by atoms with van der Waals surface area (Å²) in [5.41, 5.74) is 0. The summed E-state index contributed by atoms with van der Waals surface area (Å²) in [6.45, 7) is 3.64. The summed E-state index contributed by atoms with van der Waals surface area (Å²) in [4.78, 5) is 0. The molecule has 0 aromatic rings. The average molecular weight is 257 g/mol. The van der Waals surface area contributed by atoms with E-state index in [9.17, 15) is 0 Å². The third-order valence-electron chi connectivity index (χ3n) is 1.55. The van der Waals surface area contributed by atoms with Gasteiger partial charge in [0.05, 0.1) is 13.2 Å². The molecule has 0 saturated carbocycles. The van der Waals surface area contributed by atoms with Crippen LogP contribution >= 0.6 is 22.9 Å². The predicted molar refractivity (Wildman–Crippen MR) is 47.0 cm³/mol. The molecule has 1 heterocycles. The van der Waals surface area contributed by atoms with Crippen LogP contribution in [-0.4, -0.2) is 41.1 Å². The molecule has 10 heavy (non-hydrogen) atoms. The zero-order valence-corrected chi connectivity index (χ0v) is 7.95. The van der Waals surface area contributed by atoms with Crippen molar-refractivity contribution < 1.29 is 9.84 Å². The van der Waals surface area contributed by atoms with Crippen LogP contribution in [0.15, 0.2) is 0 Å². The van der Waals surface area contributed by atoms with Gasteiger partial charge in [-0.15, -0.1) is 0 Å². The monoisotopic (exact) mass is 257 g/mol. The minimum atomic E-state index is 0.236. The lowest BCUT2D eigenvalue weighted by molar-refractivity contribution is 0.0959. The van der Waals surface area contributed by atoms with E-state index in [-0.39, 0.29) is 6.61 Å². The molecular weight excluding hydrogens is 245 g/mol. The Labute approximate surface area is 74.8 Å². The zero-order chi connectivity index (χ0) is 7.40. The van der Waals surface area contributed by atoms with Crippen molar-refractivity contribution in [3.05, 3.63) is 0 Å². The number of rotatable bonds is 1. The average Bonchev–Trinajstić information content (AvgIpc) is 2.13. The molecule has 0 amide bonds. The van der Waals surface area contributed by atoms with Crippen LogP contribution in [0.5, 0.6) is 0 Å². The normalized spacial score (nSPS) is 30.0. The molecule has 0 radical (unpaired) electrons. The van der Waals surface area contributed by atoms with Crippen LogP contribution in [-0.2, 0) is 4.74 Å². The van der Waals surface area contributed by atoms with Crippen molar-refractivity contribution in [3.63, 3.8) is 0 Å². The molecule has 1 aliphatic rings. The molecule has 0 bridgehead atoms. The van der Waals surface area contributed by atoms with Gasteiger partial charge < -0.3 is 9.84 Å². The lowest BCUT2D eigenvalue weighted by atomic mass is 10.2. The fourth-order valence-corrected chi connectivity index (χ4v) is 1.70. The highest BCUT2D eigenvalue weighted by Crippen LogP contribution is 2.09. The first kappa shape index (κ1) is 8.70. The largest absolute Gasteiger partial charge is 0.396 e. The van der Waals surface area contributed by atoms with Gasteiger partial charge in [0.1, 0.15) is 0 Å². The molecule has 1 rings (SSSR count). The van der Waals surface area contributed by atoms with E-state index in [0.29, 0.717) is 12.5 Å². The van der Waals surface area contributed by atoms with Gasteiger partial charge in [0, 0.05) is 48.5 Å². The molecule has 0 spiro atoms. The second-order valence-electron chi connectivity index (χ2n) is 2.49. The fraction of sp³-hybridized carbons (Fsp3) is 1.00. The number of halogens is 1. The number of aliphatic hydroxyl groups excluding tert-OH is 1. The van der Waals surface area contributed by atoms with Gasteiger partial charge in [0.25, 0.3) is 0 Å². The summed E-state index contributed by atoms with van der Waals surface area (Å²) in [7, 11) is 0. The van der Waals surface area contributed by atoms with Crippen molar-refractivity contribution in [1.82, 2.24) is 3.11 Å². The smallest absolute Gasteiger partial charge is 0.0601 e. The van der Waals surface area contributed by atoms with Crippen LogP contribution in [0.4, 0.5) is 0 Å². The number of aliphatic hydroxyl groups is 1. The molecule has 1 aliphatic heterocycles. The Bertz CT molecular complexity index is 102. The lowest BCUT2D eigenvalue weighted by Gasteiger charge is -2.13. The van der Waals surface area contributed by atoms with Gasteiger partial charge in [-0.1, -0.05) is 0 Å². The van der Waals surface area contributed by atoms with Crippen LogP contribution in [0, 0.1) is 5.92 Å². The van der Waals surface area contributed by atoms with E-state index in [4.69, 9.17) is 9.84 Å². The Balaban J connectivity index is 2.30. The third kappa shape index (κ3) is 2.69. The van der Waals surface area contributed by atoms with E-state index in [1.807, 2.05) is 0 Å². The van der Waals surface area contributed by atoms with Crippen LogP contribution < -0.4 is 0 Å². The Kier molecular flexibility index (Phi) is 3.90. The number of hydrogen-bond donors (Lipinski definition) is 1. The molecule has 1 fully saturated rings. The SMILES string of the molecule is OCC1COCCN(I)C1. The van der Waals surface area contributed by atoms with Crippen molar-refractivity contribution in [2.45, 2.75) is 0 Å². The van der Waals surface area contributed by atoms with Gasteiger partial charge in [-0.3, -0.25) is 0 Å². The van der Waals surface area contributed by atoms with Crippen molar-refractivity contribution in [3.8, 4) is 0 Å². The first-order valence-corrected chi connectivity index (χ1v) is 4.38. The summed E-state index contributed by atoms with van der Waals surface area (Å²) < 4.78 is 7.42. The fourth-order valence-electron chi connectivity index (χ4n) is 0.948. The van der Waals surface area contributed by atoms with Gasteiger partial charge in [-0.25, -0.2) is 3.11 Å². The minimum Gasteiger partial charge on any atom is -0.396 e. The maximum absolute atomic E-state index is 8.82. The van der Waals surface area contributed by atoms with Crippen molar-refractivity contribution >= 4 is 22.9 Å². The molecule has 3 nitrogen and oxygen atoms in total. The molecule has 1 unspecified atom stereocenters. The first-order valence-electron chi connectivity index (χ1n) is 3.42. The maximum atomic E-state index is 8.82. The molecule has 4 heteroatoms. The van der Waals surface area contributed by atoms with Gasteiger partial charge in [0.15, 0.2) is 0 Å². The molecule has 0 aromatic carbocycles. The van der Waals surface area contributed by atoms with E-state index >= 15 is 0 Å². The Morgan fingerprint density at radius 1 is 1.70 bits per heavy atom. The lowest BCUT2D eigenvalue weighted by Crippen LogP contribution is -2.23. The van der Waals surface area contributed by atoms with Gasteiger partial charge in [-0.05, 0) is 0 Å². The van der Waals surface area contributed by atoms with E-state index in [2.05, 4.69) is 26.0 Å². The third-order valence-corrected chi connectivity index (χ3v) is 2.42. The van der Waals surface area contributed by atoms with Crippen LogP contribution in [0.1, 0.15) is 0 Å². The molecule has 0 aliphatic carbocycles. The quantitative estimate of drug-likeness (QED) is 0.541. The van der Waals surface area contributed by atoms with Crippen molar-refractivity contribution in [2.24, 2.45) is 5.92 Å². The standard InChI is InChI=1S/C6H12INO2/c7-8-1-2-10-5-6(3-8)4-9/h6,9H,1-5H2. The Morgan fingerprint density at radius 3 is 3.20 bits per heavy atom. The van der Waals surface area contributed by atoms with E-state index < -0.39 is 0 Å². The summed E-state index contributed by atoms with van der Waals surface area (Å²) in [5.74, 6) is 0.305. The maximum Gasteiger partial charge on any atom is 0.0601 e. The highest BCUT2D eigenvalue weighted by atomic mass is 127. The van der Waals surface area contributed by atoms with Gasteiger partial charge >= 0.3 is 0 Å². The van der Waals surface area contributed by atoms with Crippen LogP contribution in [0.25, 0.3) is 0 Å². The van der Waals surface area contributed by atoms with Gasteiger partial charge in [-0.2, -0.15) is 0 Å². The number of ether oxygens (including phenoxy) is 1. The molecular formula is C6H12INO2. The number of hydrogen-bond acceptors (Lipinski definition) is 3. The zero-order valence-electron chi connectivity index (χ0n) is 5.79. The Hall–Kier alpha value is 0.610. The van der Waals surface area contributed by atoms with E-state index in [0.717, 1.165) is 19.7 Å². The summed E-state index contributed by atoms with van der Waals surface area (Å²) in [6, 6.07) is 0. The minimum absolute atomic E-state index is 0.236. The van der Waals surface area contributed by atoms with E-state index in [1.54, 1.807) is 0 Å². The van der Waals surface area contributed by atoms with E-state index in [1.165, 1.54) is 0 Å². The highest BCUT2D eigenvalue weighted by molar-refractivity contribution is 14.1. The van der Waals surface area contributed by atoms with Crippen LogP contribution in [0.2, 0.25) is 0 Å². The molecule has 1 saturated heterocycles. The summed E-state index contributed by atoms with van der Waals surface area (Å²) >= 11 is 2.26. The second kappa shape index (κ2) is 4.48. The predicted octanol–water partition coefficient (Wildman–Crippen LogP) is 0.277.